The number of nitrogens with zero attached hydrogens (tertiary/aromatic N) is 5. The molecular weight excluding hydrogens is 386 g/mol. The van der Waals surface area contributed by atoms with Crippen LogP contribution in [0.4, 0.5) is 0 Å². The van der Waals surface area contributed by atoms with Gasteiger partial charge in [-0.25, -0.2) is 0 Å². The number of benzene rings is 1. The Morgan fingerprint density at radius 2 is 1.77 bits per heavy atom. The van der Waals surface area contributed by atoms with Crippen molar-refractivity contribution in [2.24, 2.45) is 0 Å². The first-order valence-corrected chi connectivity index (χ1v) is 10.6. The molecule has 6 nitrogen and oxygen atoms in total. The lowest BCUT2D eigenvalue weighted by molar-refractivity contribution is 0.0793. The summed E-state index contributed by atoms with van der Waals surface area (Å²) < 4.78 is 1.90. The summed E-state index contributed by atoms with van der Waals surface area (Å²) in [5.41, 5.74) is 5.27. The molecule has 5 rings (SSSR count). The fraction of sp³-hybridized carbons (Fsp3) is 0.200. The first-order chi connectivity index (χ1) is 15.3. The molecule has 1 fully saturated rings. The van der Waals surface area contributed by atoms with E-state index in [2.05, 4.69) is 16.0 Å². The van der Waals surface area contributed by atoms with Gasteiger partial charge in [0.05, 0.1) is 23.5 Å². The third-order valence-electron chi connectivity index (χ3n) is 5.57. The van der Waals surface area contributed by atoms with Crippen molar-refractivity contribution in [1.82, 2.24) is 24.6 Å². The normalized spacial score (nSPS) is 13.5. The molecule has 0 atom stereocenters. The van der Waals surface area contributed by atoms with Gasteiger partial charge < -0.3 is 4.90 Å². The van der Waals surface area contributed by atoms with Crippen LogP contribution in [0.25, 0.3) is 22.5 Å². The van der Waals surface area contributed by atoms with Gasteiger partial charge in [-0.05, 0) is 48.7 Å². The quantitative estimate of drug-likeness (QED) is 0.493. The van der Waals surface area contributed by atoms with Crippen LogP contribution in [0.15, 0.2) is 79.4 Å². The maximum Gasteiger partial charge on any atom is 0.256 e. The van der Waals surface area contributed by atoms with Gasteiger partial charge in [0.2, 0.25) is 0 Å². The Labute approximate surface area is 181 Å². The van der Waals surface area contributed by atoms with E-state index in [1.54, 1.807) is 12.4 Å². The van der Waals surface area contributed by atoms with Crippen LogP contribution in [0.1, 0.15) is 28.8 Å². The summed E-state index contributed by atoms with van der Waals surface area (Å²) in [5, 5.41) is 4.72. The highest BCUT2D eigenvalue weighted by Crippen LogP contribution is 2.28. The van der Waals surface area contributed by atoms with Crippen molar-refractivity contribution in [3.05, 3.63) is 90.5 Å². The number of hydrogen-bond donors (Lipinski definition) is 0. The molecule has 0 saturated carbocycles. The fourth-order valence-electron chi connectivity index (χ4n) is 4.01. The van der Waals surface area contributed by atoms with Gasteiger partial charge in [0.1, 0.15) is 0 Å². The van der Waals surface area contributed by atoms with E-state index >= 15 is 0 Å². The first kappa shape index (κ1) is 19.2. The third kappa shape index (κ3) is 4.10. The van der Waals surface area contributed by atoms with E-state index in [1.165, 1.54) is 0 Å². The van der Waals surface area contributed by atoms with Crippen molar-refractivity contribution < 1.29 is 4.79 Å². The monoisotopic (exact) mass is 409 g/mol. The van der Waals surface area contributed by atoms with E-state index < -0.39 is 0 Å². The summed E-state index contributed by atoms with van der Waals surface area (Å²) in [5.74, 6) is 0.0618. The fourth-order valence-corrected chi connectivity index (χ4v) is 4.01. The number of amides is 1. The van der Waals surface area contributed by atoms with E-state index in [1.807, 2.05) is 70.5 Å². The Bertz CT molecular complexity index is 1200. The Morgan fingerprint density at radius 3 is 2.61 bits per heavy atom. The minimum Gasteiger partial charge on any atom is -0.339 e. The van der Waals surface area contributed by atoms with E-state index in [-0.39, 0.29) is 5.91 Å². The summed E-state index contributed by atoms with van der Waals surface area (Å²) in [6, 6.07) is 17.7. The first-order valence-electron chi connectivity index (χ1n) is 10.6. The Morgan fingerprint density at radius 1 is 0.935 bits per heavy atom. The highest BCUT2D eigenvalue weighted by Gasteiger charge is 2.23. The molecule has 0 radical (unpaired) electrons. The SMILES string of the molecule is O=C(c1cccnc1-c1cccc(-c2ccn(Cc3cccnc3)n2)c1)N1CCCC1. The van der Waals surface area contributed by atoms with E-state index in [0.29, 0.717) is 12.1 Å². The van der Waals surface area contributed by atoms with Crippen molar-refractivity contribution in [2.75, 3.05) is 13.1 Å². The Balaban J connectivity index is 1.43. The maximum atomic E-state index is 13.0. The highest BCUT2D eigenvalue weighted by atomic mass is 16.2. The summed E-state index contributed by atoms with van der Waals surface area (Å²) in [6.45, 7) is 2.31. The van der Waals surface area contributed by atoms with Crippen molar-refractivity contribution in [3.8, 4) is 22.5 Å². The second-order valence-electron chi connectivity index (χ2n) is 7.74. The van der Waals surface area contributed by atoms with Crippen LogP contribution < -0.4 is 0 Å². The zero-order valence-electron chi connectivity index (χ0n) is 17.2. The largest absolute Gasteiger partial charge is 0.339 e. The van der Waals surface area contributed by atoms with Gasteiger partial charge in [0, 0.05) is 49.0 Å². The van der Waals surface area contributed by atoms with Crippen LogP contribution in [-0.2, 0) is 6.54 Å². The number of pyridine rings is 2. The molecule has 31 heavy (non-hydrogen) atoms. The van der Waals surface area contributed by atoms with Gasteiger partial charge in [-0.2, -0.15) is 5.10 Å². The lowest BCUT2D eigenvalue weighted by Gasteiger charge is -2.17. The molecule has 4 aromatic rings. The van der Waals surface area contributed by atoms with Gasteiger partial charge >= 0.3 is 0 Å². The van der Waals surface area contributed by atoms with Crippen molar-refractivity contribution in [1.29, 1.82) is 0 Å². The molecule has 3 aromatic heterocycles. The zero-order valence-corrected chi connectivity index (χ0v) is 17.2. The molecular formula is C25H23N5O. The number of aromatic nitrogens is 4. The molecule has 1 aromatic carbocycles. The molecule has 0 unspecified atom stereocenters. The van der Waals surface area contributed by atoms with Gasteiger partial charge in [-0.15, -0.1) is 0 Å². The summed E-state index contributed by atoms with van der Waals surface area (Å²) in [4.78, 5) is 23.7. The van der Waals surface area contributed by atoms with Gasteiger partial charge in [-0.3, -0.25) is 19.4 Å². The van der Waals surface area contributed by atoms with E-state index in [9.17, 15) is 4.79 Å². The second-order valence-corrected chi connectivity index (χ2v) is 7.74. The van der Waals surface area contributed by atoms with E-state index in [0.717, 1.165) is 54.0 Å². The number of carbonyl (C=O) groups is 1. The average molecular weight is 409 g/mol. The number of hydrogen-bond acceptors (Lipinski definition) is 4. The van der Waals surface area contributed by atoms with Crippen LogP contribution in [0, 0.1) is 0 Å². The summed E-state index contributed by atoms with van der Waals surface area (Å²) >= 11 is 0. The third-order valence-corrected chi connectivity index (χ3v) is 5.57. The predicted octanol–water partition coefficient (Wildman–Crippen LogP) is 4.29. The van der Waals surface area contributed by atoms with Gasteiger partial charge in [0.15, 0.2) is 0 Å². The minimum absolute atomic E-state index is 0.0618. The van der Waals surface area contributed by atoms with Crippen LogP contribution in [0.3, 0.4) is 0 Å². The Kier molecular flexibility index (Phi) is 5.27. The molecule has 1 saturated heterocycles. The lowest BCUT2D eigenvalue weighted by Crippen LogP contribution is -2.28. The predicted molar refractivity (Wildman–Crippen MR) is 119 cm³/mol. The summed E-state index contributed by atoms with van der Waals surface area (Å²) in [7, 11) is 0. The molecule has 1 aliphatic rings. The molecule has 0 spiro atoms. The molecule has 4 heterocycles. The molecule has 0 N–H and O–H groups in total. The van der Waals surface area contributed by atoms with E-state index in [4.69, 9.17) is 5.10 Å². The lowest BCUT2D eigenvalue weighted by atomic mass is 10.0. The number of carbonyl (C=O) groups excluding carboxylic acids is 1. The maximum absolute atomic E-state index is 13.0. The number of likely N-dealkylation sites (tertiary alicyclic amines) is 1. The molecule has 6 heteroatoms. The van der Waals surface area contributed by atoms with Crippen molar-refractivity contribution in [3.63, 3.8) is 0 Å². The standard InChI is InChI=1S/C25H23N5O/c31-25(29-13-1-2-14-29)22-9-5-12-27-24(22)21-8-3-7-20(16-21)23-10-15-30(28-23)18-19-6-4-11-26-17-19/h3-12,15-17H,1-2,13-14,18H2. The Hall–Kier alpha value is -3.80. The number of rotatable bonds is 5. The second kappa shape index (κ2) is 8.52. The average Bonchev–Trinajstić information content (AvgIpc) is 3.52. The molecule has 154 valence electrons. The molecule has 0 aliphatic carbocycles. The van der Waals surface area contributed by atoms with Crippen LogP contribution in [0.5, 0.6) is 0 Å². The zero-order chi connectivity index (χ0) is 21.0. The molecule has 1 aliphatic heterocycles. The highest BCUT2D eigenvalue weighted by molar-refractivity contribution is 6.00. The topological polar surface area (TPSA) is 63.9 Å². The smallest absolute Gasteiger partial charge is 0.256 e. The molecule has 1 amide bonds. The minimum atomic E-state index is 0.0618. The van der Waals surface area contributed by atoms with Gasteiger partial charge in [-0.1, -0.05) is 24.3 Å². The van der Waals surface area contributed by atoms with Crippen LogP contribution >= 0.6 is 0 Å². The summed E-state index contributed by atoms with van der Waals surface area (Å²) in [6.07, 6.45) is 9.46. The van der Waals surface area contributed by atoms with Crippen LogP contribution in [0.2, 0.25) is 0 Å². The molecule has 0 bridgehead atoms. The van der Waals surface area contributed by atoms with Crippen molar-refractivity contribution in [2.45, 2.75) is 19.4 Å². The van der Waals surface area contributed by atoms with Crippen molar-refractivity contribution >= 4 is 5.91 Å². The van der Waals surface area contributed by atoms with Crippen LogP contribution in [-0.4, -0.2) is 43.6 Å². The van der Waals surface area contributed by atoms with Gasteiger partial charge in [0.25, 0.3) is 5.91 Å².